The number of carbonyl (C=O) groups is 1. The Balaban J connectivity index is 1.34. The highest BCUT2D eigenvalue weighted by molar-refractivity contribution is 5.92. The van der Waals surface area contributed by atoms with E-state index in [0.717, 1.165) is 37.4 Å². The van der Waals surface area contributed by atoms with E-state index in [0.29, 0.717) is 24.6 Å². The Labute approximate surface area is 158 Å². The van der Waals surface area contributed by atoms with Crippen molar-refractivity contribution in [2.24, 2.45) is 0 Å². The zero-order valence-electron chi connectivity index (χ0n) is 15.6. The first kappa shape index (κ1) is 18.0. The lowest BCUT2D eigenvalue weighted by molar-refractivity contribution is 0.0154. The number of halogens is 1. The van der Waals surface area contributed by atoms with Gasteiger partial charge in [-0.3, -0.25) is 9.69 Å². The molecule has 1 aromatic carbocycles. The minimum absolute atomic E-state index is 0.0657. The summed E-state index contributed by atoms with van der Waals surface area (Å²) in [7, 11) is 0. The van der Waals surface area contributed by atoms with Crippen molar-refractivity contribution in [3.8, 4) is 5.75 Å². The average molecular weight is 372 g/mol. The molecule has 2 aliphatic rings. The molecule has 1 amide bonds. The monoisotopic (exact) mass is 372 g/mol. The third-order valence-corrected chi connectivity index (χ3v) is 5.27. The Morgan fingerprint density at radius 3 is 2.59 bits per heavy atom. The van der Waals surface area contributed by atoms with E-state index < -0.39 is 0 Å². The number of hydrogen-bond acceptors (Lipinski definition) is 4. The molecule has 4 rings (SSSR count). The fourth-order valence-corrected chi connectivity index (χ4v) is 3.73. The maximum absolute atomic E-state index is 12.9. The molecule has 3 heterocycles. The first-order valence-electron chi connectivity index (χ1n) is 9.68. The molecule has 0 radical (unpaired) electrons. The van der Waals surface area contributed by atoms with Crippen molar-refractivity contribution in [2.75, 3.05) is 26.2 Å². The second-order valence-electron chi connectivity index (χ2n) is 7.30. The molecule has 0 N–H and O–H groups in total. The summed E-state index contributed by atoms with van der Waals surface area (Å²) >= 11 is 0. The smallest absolute Gasteiger partial charge is 0.289 e. The molecule has 144 valence electrons. The summed E-state index contributed by atoms with van der Waals surface area (Å²) in [6, 6.07) is 7.85. The summed E-state index contributed by atoms with van der Waals surface area (Å²) in [5.41, 5.74) is 1.13. The van der Waals surface area contributed by atoms with Crippen LogP contribution in [0.3, 0.4) is 0 Å². The molecule has 0 spiro atoms. The van der Waals surface area contributed by atoms with Gasteiger partial charge in [-0.2, -0.15) is 0 Å². The summed E-state index contributed by atoms with van der Waals surface area (Å²) in [5, 5.41) is 0. The van der Waals surface area contributed by atoms with Crippen LogP contribution >= 0.6 is 0 Å². The highest BCUT2D eigenvalue weighted by atomic mass is 19.1. The van der Waals surface area contributed by atoms with E-state index in [1.165, 1.54) is 25.0 Å². The predicted octanol–water partition coefficient (Wildman–Crippen LogP) is 3.48. The van der Waals surface area contributed by atoms with Crippen LogP contribution in [0.4, 0.5) is 4.39 Å². The first-order chi connectivity index (χ1) is 13.1. The number of amides is 1. The molecule has 2 fully saturated rings. The van der Waals surface area contributed by atoms with Gasteiger partial charge in [0.05, 0.1) is 13.1 Å². The molecule has 6 heteroatoms. The SMILES string of the molecule is CCc1oc(C(=O)N2CC(Oc3ccc(F)cc3)C2)cc1CN1CCCC1. The third kappa shape index (κ3) is 4.00. The standard InChI is InChI=1S/C21H25FN2O3/c1-2-19-15(12-23-9-3-4-10-23)11-20(27-19)21(25)24-13-18(14-24)26-17-7-5-16(22)6-8-17/h5-8,11,18H,2-4,9-10,12-14H2,1H3. The molecule has 27 heavy (non-hydrogen) atoms. The molecule has 0 saturated carbocycles. The fourth-order valence-electron chi connectivity index (χ4n) is 3.73. The van der Waals surface area contributed by atoms with E-state index >= 15 is 0 Å². The molecule has 2 saturated heterocycles. The van der Waals surface area contributed by atoms with E-state index in [-0.39, 0.29) is 17.8 Å². The maximum atomic E-state index is 12.9. The van der Waals surface area contributed by atoms with Gasteiger partial charge in [0.2, 0.25) is 0 Å². The van der Waals surface area contributed by atoms with Gasteiger partial charge in [0.1, 0.15) is 23.4 Å². The zero-order chi connectivity index (χ0) is 18.8. The van der Waals surface area contributed by atoms with Crippen molar-refractivity contribution in [1.29, 1.82) is 0 Å². The zero-order valence-corrected chi connectivity index (χ0v) is 15.6. The van der Waals surface area contributed by atoms with Gasteiger partial charge in [-0.15, -0.1) is 0 Å². The molecule has 0 aliphatic carbocycles. The predicted molar refractivity (Wildman–Crippen MR) is 99.3 cm³/mol. The van der Waals surface area contributed by atoms with E-state index in [1.807, 2.05) is 6.07 Å². The van der Waals surface area contributed by atoms with Gasteiger partial charge in [-0.05, 0) is 56.3 Å². The van der Waals surface area contributed by atoms with Crippen LogP contribution in [-0.2, 0) is 13.0 Å². The molecule has 5 nitrogen and oxygen atoms in total. The van der Waals surface area contributed by atoms with Crippen molar-refractivity contribution in [2.45, 2.75) is 38.8 Å². The fraction of sp³-hybridized carbons (Fsp3) is 0.476. The second kappa shape index (κ2) is 7.72. The van der Waals surface area contributed by atoms with Crippen LogP contribution in [-0.4, -0.2) is 48.0 Å². The van der Waals surface area contributed by atoms with Crippen LogP contribution in [0.25, 0.3) is 0 Å². The van der Waals surface area contributed by atoms with Crippen molar-refractivity contribution < 1.29 is 18.3 Å². The van der Waals surface area contributed by atoms with Gasteiger partial charge in [0.15, 0.2) is 5.76 Å². The van der Waals surface area contributed by atoms with Crippen LogP contribution in [0.2, 0.25) is 0 Å². The second-order valence-corrected chi connectivity index (χ2v) is 7.30. The maximum Gasteiger partial charge on any atom is 0.289 e. The summed E-state index contributed by atoms with van der Waals surface area (Å²) < 4.78 is 24.6. The number of rotatable bonds is 6. The molecule has 2 aliphatic heterocycles. The topological polar surface area (TPSA) is 45.9 Å². The Bertz CT molecular complexity index is 790. The summed E-state index contributed by atoms with van der Waals surface area (Å²) in [6.45, 7) is 6.17. The van der Waals surface area contributed by atoms with Crippen molar-refractivity contribution >= 4 is 5.91 Å². The van der Waals surface area contributed by atoms with E-state index in [4.69, 9.17) is 9.15 Å². The number of benzene rings is 1. The number of aryl methyl sites for hydroxylation is 1. The van der Waals surface area contributed by atoms with Crippen molar-refractivity contribution in [3.63, 3.8) is 0 Å². The lowest BCUT2D eigenvalue weighted by Crippen LogP contribution is -2.56. The summed E-state index contributed by atoms with van der Waals surface area (Å²) in [6.07, 6.45) is 3.21. The molecule has 0 unspecified atom stereocenters. The normalized spacial score (nSPS) is 17.9. The summed E-state index contributed by atoms with van der Waals surface area (Å²) in [4.78, 5) is 16.8. The van der Waals surface area contributed by atoms with Crippen molar-refractivity contribution in [1.82, 2.24) is 9.80 Å². The number of furan rings is 1. The third-order valence-electron chi connectivity index (χ3n) is 5.27. The molecule has 0 atom stereocenters. The van der Waals surface area contributed by atoms with Gasteiger partial charge in [-0.25, -0.2) is 4.39 Å². The lowest BCUT2D eigenvalue weighted by Gasteiger charge is -2.38. The Morgan fingerprint density at radius 1 is 1.22 bits per heavy atom. The first-order valence-corrected chi connectivity index (χ1v) is 9.68. The number of carbonyl (C=O) groups excluding carboxylic acids is 1. The largest absolute Gasteiger partial charge is 0.487 e. The van der Waals surface area contributed by atoms with Crippen LogP contribution in [0.15, 0.2) is 34.7 Å². The molecule has 2 aromatic rings. The van der Waals surface area contributed by atoms with Gasteiger partial charge in [0.25, 0.3) is 5.91 Å². The van der Waals surface area contributed by atoms with E-state index in [1.54, 1.807) is 17.0 Å². The molecular weight excluding hydrogens is 347 g/mol. The average Bonchev–Trinajstić information content (AvgIpc) is 3.29. The Kier molecular flexibility index (Phi) is 5.16. The molecule has 1 aromatic heterocycles. The number of likely N-dealkylation sites (tertiary alicyclic amines) is 2. The van der Waals surface area contributed by atoms with Gasteiger partial charge >= 0.3 is 0 Å². The van der Waals surface area contributed by atoms with Crippen LogP contribution in [0.5, 0.6) is 5.75 Å². The van der Waals surface area contributed by atoms with Crippen molar-refractivity contribution in [3.05, 3.63) is 53.2 Å². The highest BCUT2D eigenvalue weighted by Gasteiger charge is 2.34. The number of ether oxygens (including phenoxy) is 1. The van der Waals surface area contributed by atoms with Gasteiger partial charge in [-0.1, -0.05) is 6.92 Å². The minimum Gasteiger partial charge on any atom is -0.487 e. The van der Waals surface area contributed by atoms with E-state index in [9.17, 15) is 9.18 Å². The number of nitrogens with zero attached hydrogens (tertiary/aromatic N) is 2. The highest BCUT2D eigenvalue weighted by Crippen LogP contribution is 2.24. The lowest BCUT2D eigenvalue weighted by atomic mass is 10.1. The van der Waals surface area contributed by atoms with Gasteiger partial charge < -0.3 is 14.1 Å². The van der Waals surface area contributed by atoms with Gasteiger partial charge in [0, 0.05) is 18.5 Å². The summed E-state index contributed by atoms with van der Waals surface area (Å²) in [5.74, 6) is 1.57. The van der Waals surface area contributed by atoms with Crippen LogP contribution in [0, 0.1) is 5.82 Å². The number of hydrogen-bond donors (Lipinski definition) is 0. The Hall–Kier alpha value is -2.34. The van der Waals surface area contributed by atoms with Crippen LogP contribution in [0.1, 0.15) is 41.6 Å². The quantitative estimate of drug-likeness (QED) is 0.779. The minimum atomic E-state index is -0.290. The molecular formula is C21H25FN2O3. The molecule has 0 bridgehead atoms. The van der Waals surface area contributed by atoms with Crippen LogP contribution < -0.4 is 4.74 Å². The Morgan fingerprint density at radius 2 is 1.93 bits per heavy atom. The van der Waals surface area contributed by atoms with E-state index in [2.05, 4.69) is 11.8 Å².